The molecule has 1 aliphatic rings. The molecule has 108 valence electrons. The average Bonchev–Trinajstić information content (AvgIpc) is 2.75. The van der Waals surface area contributed by atoms with Crippen molar-refractivity contribution in [3.63, 3.8) is 0 Å². The summed E-state index contributed by atoms with van der Waals surface area (Å²) in [7, 11) is 4.40. The third-order valence-electron chi connectivity index (χ3n) is 4.41. The lowest BCUT2D eigenvalue weighted by Gasteiger charge is -2.28. The fraction of sp³-hybridized carbons (Fsp3) is 1.00. The lowest BCUT2D eigenvalue weighted by Crippen LogP contribution is -2.39. The smallest absolute Gasteiger partial charge is 0.0767 e. The quantitative estimate of drug-likeness (QED) is 0.678. The van der Waals surface area contributed by atoms with Gasteiger partial charge in [0.2, 0.25) is 0 Å². The number of hydrogen-bond acceptors (Lipinski definition) is 4. The molecule has 0 radical (unpaired) electrons. The van der Waals surface area contributed by atoms with Crippen LogP contribution in [0.1, 0.15) is 39.0 Å². The first kappa shape index (κ1) is 15.9. The van der Waals surface area contributed by atoms with Crippen LogP contribution < -0.4 is 5.73 Å². The van der Waals surface area contributed by atoms with Gasteiger partial charge in [0.15, 0.2) is 0 Å². The molecule has 1 fully saturated rings. The van der Waals surface area contributed by atoms with E-state index in [-0.39, 0.29) is 0 Å². The van der Waals surface area contributed by atoms with Crippen molar-refractivity contribution in [3.05, 3.63) is 0 Å². The van der Waals surface area contributed by atoms with E-state index in [1.807, 2.05) is 6.92 Å². The van der Waals surface area contributed by atoms with Gasteiger partial charge in [-0.05, 0) is 59.3 Å². The van der Waals surface area contributed by atoms with Gasteiger partial charge in [-0.1, -0.05) is 6.92 Å². The van der Waals surface area contributed by atoms with Crippen molar-refractivity contribution in [1.29, 1.82) is 0 Å². The van der Waals surface area contributed by atoms with Crippen LogP contribution in [0.2, 0.25) is 0 Å². The summed E-state index contributed by atoms with van der Waals surface area (Å²) < 4.78 is 0. The molecular formula is C14H31N3O. The fourth-order valence-corrected chi connectivity index (χ4v) is 2.76. The second-order valence-corrected chi connectivity index (χ2v) is 5.92. The maximum absolute atomic E-state index is 10.1. The van der Waals surface area contributed by atoms with Gasteiger partial charge >= 0.3 is 0 Å². The lowest BCUT2D eigenvalue weighted by molar-refractivity contribution is 0.0318. The summed E-state index contributed by atoms with van der Waals surface area (Å²) in [6.45, 7) is 5.81. The van der Waals surface area contributed by atoms with Crippen LogP contribution in [0.15, 0.2) is 0 Å². The molecule has 0 aromatic heterocycles. The Morgan fingerprint density at radius 2 is 2.22 bits per heavy atom. The van der Waals surface area contributed by atoms with E-state index in [0.717, 1.165) is 38.4 Å². The molecule has 1 saturated heterocycles. The molecule has 0 aromatic rings. The van der Waals surface area contributed by atoms with Crippen LogP contribution in [0.4, 0.5) is 0 Å². The van der Waals surface area contributed by atoms with Crippen LogP contribution in [0, 0.1) is 0 Å². The number of nitrogens with zero attached hydrogens (tertiary/aromatic N) is 2. The van der Waals surface area contributed by atoms with E-state index >= 15 is 0 Å². The largest absolute Gasteiger partial charge is 0.389 e. The second-order valence-electron chi connectivity index (χ2n) is 5.92. The van der Waals surface area contributed by atoms with E-state index in [1.54, 1.807) is 0 Å². The molecule has 18 heavy (non-hydrogen) atoms. The molecule has 0 aliphatic carbocycles. The molecule has 1 heterocycles. The van der Waals surface area contributed by atoms with Crippen LogP contribution in [0.25, 0.3) is 0 Å². The highest BCUT2D eigenvalue weighted by molar-refractivity contribution is 4.80. The van der Waals surface area contributed by atoms with Gasteiger partial charge in [-0.2, -0.15) is 0 Å². The van der Waals surface area contributed by atoms with Gasteiger partial charge in [-0.3, -0.25) is 0 Å². The number of aliphatic hydroxyl groups is 1. The van der Waals surface area contributed by atoms with Gasteiger partial charge in [0.05, 0.1) is 5.60 Å². The minimum atomic E-state index is -0.648. The van der Waals surface area contributed by atoms with Crippen molar-refractivity contribution in [1.82, 2.24) is 9.80 Å². The summed E-state index contributed by atoms with van der Waals surface area (Å²) >= 11 is 0. The van der Waals surface area contributed by atoms with Crippen molar-refractivity contribution in [2.24, 2.45) is 5.73 Å². The molecule has 2 atom stereocenters. The summed E-state index contributed by atoms with van der Waals surface area (Å²) in [6, 6.07) is 0.717. The number of likely N-dealkylation sites (tertiary alicyclic amines) is 1. The first-order chi connectivity index (χ1) is 8.50. The number of hydrogen-bond donors (Lipinski definition) is 2. The summed E-state index contributed by atoms with van der Waals surface area (Å²) in [6.07, 6.45) is 5.23. The first-order valence-corrected chi connectivity index (χ1v) is 7.32. The monoisotopic (exact) mass is 257 g/mol. The van der Waals surface area contributed by atoms with E-state index in [9.17, 15) is 5.11 Å². The van der Waals surface area contributed by atoms with E-state index in [4.69, 9.17) is 5.73 Å². The van der Waals surface area contributed by atoms with Crippen molar-refractivity contribution in [3.8, 4) is 0 Å². The Hall–Kier alpha value is -0.160. The molecular weight excluding hydrogens is 226 g/mol. The predicted octanol–water partition coefficient (Wildman–Crippen LogP) is 0.892. The fourth-order valence-electron chi connectivity index (χ4n) is 2.76. The topological polar surface area (TPSA) is 52.7 Å². The summed E-state index contributed by atoms with van der Waals surface area (Å²) in [4.78, 5) is 4.85. The molecule has 4 nitrogen and oxygen atoms in total. The molecule has 0 saturated carbocycles. The predicted molar refractivity (Wildman–Crippen MR) is 76.7 cm³/mol. The third-order valence-corrected chi connectivity index (χ3v) is 4.41. The van der Waals surface area contributed by atoms with Gasteiger partial charge < -0.3 is 20.6 Å². The molecule has 1 rings (SSSR count). The molecule has 0 spiro atoms. The van der Waals surface area contributed by atoms with Crippen LogP contribution in [-0.2, 0) is 0 Å². The normalized spacial score (nSPS) is 24.7. The first-order valence-electron chi connectivity index (χ1n) is 7.32. The zero-order valence-corrected chi connectivity index (χ0v) is 12.4. The van der Waals surface area contributed by atoms with E-state index in [2.05, 4.69) is 23.9 Å². The SMILES string of the molecule is CCC(O)(CN)CCCN(C)CC1CCCN1C. The minimum absolute atomic E-state index is 0.374. The van der Waals surface area contributed by atoms with Crippen molar-refractivity contribution >= 4 is 0 Å². The molecule has 0 amide bonds. The number of rotatable bonds is 8. The Bertz CT molecular complexity index is 231. The van der Waals surface area contributed by atoms with Crippen LogP contribution in [0.5, 0.6) is 0 Å². The molecule has 1 aliphatic heterocycles. The Balaban J connectivity index is 2.18. The highest BCUT2D eigenvalue weighted by Gasteiger charge is 2.24. The molecule has 2 unspecified atom stereocenters. The Labute approximate surface area is 112 Å². The zero-order valence-electron chi connectivity index (χ0n) is 12.4. The van der Waals surface area contributed by atoms with Gasteiger partial charge in [0, 0.05) is 19.1 Å². The summed E-state index contributed by atoms with van der Waals surface area (Å²) in [5.74, 6) is 0. The van der Waals surface area contributed by atoms with Gasteiger partial charge in [-0.15, -0.1) is 0 Å². The van der Waals surface area contributed by atoms with Crippen molar-refractivity contribution in [2.45, 2.75) is 50.7 Å². The van der Waals surface area contributed by atoms with Crippen molar-refractivity contribution in [2.75, 3.05) is 40.3 Å². The Morgan fingerprint density at radius 3 is 2.72 bits per heavy atom. The third kappa shape index (κ3) is 4.84. The maximum atomic E-state index is 10.1. The molecule has 0 aromatic carbocycles. The number of likely N-dealkylation sites (N-methyl/N-ethyl adjacent to an activating group) is 2. The molecule has 0 bridgehead atoms. The van der Waals surface area contributed by atoms with E-state index in [1.165, 1.54) is 19.4 Å². The minimum Gasteiger partial charge on any atom is -0.389 e. The van der Waals surface area contributed by atoms with Gasteiger partial charge in [0.1, 0.15) is 0 Å². The Morgan fingerprint density at radius 1 is 1.50 bits per heavy atom. The zero-order chi connectivity index (χ0) is 13.6. The summed E-state index contributed by atoms with van der Waals surface area (Å²) in [5, 5.41) is 10.1. The Kier molecular flexibility index (Phi) is 6.57. The standard InChI is InChI=1S/C14H31N3O/c1-4-14(18,12-15)8-6-9-16(2)11-13-7-5-10-17(13)3/h13,18H,4-12,15H2,1-3H3. The second kappa shape index (κ2) is 7.43. The molecule has 4 heteroatoms. The van der Waals surface area contributed by atoms with Gasteiger partial charge in [-0.25, -0.2) is 0 Å². The van der Waals surface area contributed by atoms with Crippen LogP contribution in [-0.4, -0.2) is 66.8 Å². The maximum Gasteiger partial charge on any atom is 0.0767 e. The molecule has 3 N–H and O–H groups in total. The van der Waals surface area contributed by atoms with E-state index in [0.29, 0.717) is 6.54 Å². The highest BCUT2D eigenvalue weighted by atomic mass is 16.3. The van der Waals surface area contributed by atoms with Crippen LogP contribution >= 0.6 is 0 Å². The van der Waals surface area contributed by atoms with Crippen LogP contribution in [0.3, 0.4) is 0 Å². The van der Waals surface area contributed by atoms with E-state index < -0.39 is 5.60 Å². The lowest BCUT2D eigenvalue weighted by atomic mass is 9.95. The summed E-state index contributed by atoms with van der Waals surface area (Å²) in [5.41, 5.74) is 4.97. The number of nitrogens with two attached hydrogens (primary N) is 1. The van der Waals surface area contributed by atoms with Crippen molar-refractivity contribution < 1.29 is 5.11 Å². The average molecular weight is 257 g/mol. The highest BCUT2D eigenvalue weighted by Crippen LogP contribution is 2.17. The van der Waals surface area contributed by atoms with Gasteiger partial charge in [0.25, 0.3) is 0 Å².